The summed E-state index contributed by atoms with van der Waals surface area (Å²) in [6, 6.07) is 19.2. The fourth-order valence-electron chi connectivity index (χ4n) is 2.60. The molecule has 0 saturated carbocycles. The van der Waals surface area contributed by atoms with Gasteiger partial charge in [-0.15, -0.1) is 0 Å². The van der Waals surface area contributed by atoms with Crippen LogP contribution < -0.4 is 14.8 Å². The van der Waals surface area contributed by atoms with E-state index in [0.29, 0.717) is 34.7 Å². The minimum absolute atomic E-state index is 0.307. The van der Waals surface area contributed by atoms with Crippen molar-refractivity contribution in [1.29, 1.82) is 0 Å². The fraction of sp³-hybridized carbons (Fsp3) is 0.143. The summed E-state index contributed by atoms with van der Waals surface area (Å²) in [5, 5.41) is 4.57. The van der Waals surface area contributed by atoms with E-state index in [-0.39, 0.29) is 0 Å². The van der Waals surface area contributed by atoms with Crippen LogP contribution in [0.4, 0.5) is 5.69 Å². The average molecular weight is 467 g/mol. The first-order chi connectivity index (χ1) is 13.1. The lowest BCUT2D eigenvalue weighted by Crippen LogP contribution is -2.06. The Morgan fingerprint density at radius 1 is 1.00 bits per heavy atom. The van der Waals surface area contributed by atoms with Crippen LogP contribution in [0.25, 0.3) is 0 Å². The Morgan fingerprint density at radius 2 is 1.78 bits per heavy atom. The van der Waals surface area contributed by atoms with Crippen molar-refractivity contribution in [3.05, 3.63) is 86.3 Å². The van der Waals surface area contributed by atoms with Gasteiger partial charge in [-0.25, -0.2) is 0 Å². The smallest absolute Gasteiger partial charge is 0.167 e. The lowest BCUT2D eigenvalue weighted by atomic mass is 10.1. The third-order valence-electron chi connectivity index (χ3n) is 4.02. The van der Waals surface area contributed by atoms with Crippen molar-refractivity contribution in [2.75, 3.05) is 12.4 Å². The molecule has 0 saturated heterocycles. The minimum atomic E-state index is 0.307. The van der Waals surface area contributed by atoms with Gasteiger partial charge in [0.1, 0.15) is 6.61 Å². The van der Waals surface area contributed by atoms with Crippen molar-refractivity contribution < 1.29 is 9.47 Å². The maximum atomic E-state index is 6.26. The number of methoxy groups -OCH3 is 1. The Labute approximate surface area is 177 Å². The molecular formula is C21H18BrCl2NO2. The maximum Gasteiger partial charge on any atom is 0.167 e. The summed E-state index contributed by atoms with van der Waals surface area (Å²) in [5.74, 6) is 1.33. The van der Waals surface area contributed by atoms with E-state index in [0.717, 1.165) is 21.3 Å². The Morgan fingerprint density at radius 3 is 2.48 bits per heavy atom. The normalized spacial score (nSPS) is 10.5. The van der Waals surface area contributed by atoms with Gasteiger partial charge in [0.25, 0.3) is 0 Å². The van der Waals surface area contributed by atoms with Gasteiger partial charge in [-0.2, -0.15) is 0 Å². The molecular weight excluding hydrogens is 449 g/mol. The molecule has 0 aliphatic rings. The summed E-state index contributed by atoms with van der Waals surface area (Å²) in [5.41, 5.74) is 2.84. The van der Waals surface area contributed by atoms with E-state index in [2.05, 4.69) is 21.2 Å². The fourth-order valence-corrected chi connectivity index (χ4v) is 3.52. The molecule has 1 N–H and O–H groups in total. The first-order valence-corrected chi connectivity index (χ1v) is 9.84. The minimum Gasteiger partial charge on any atom is -0.493 e. The second kappa shape index (κ2) is 9.36. The van der Waals surface area contributed by atoms with E-state index in [9.17, 15) is 0 Å². The number of rotatable bonds is 7. The molecule has 0 unspecified atom stereocenters. The Hall–Kier alpha value is -1.88. The van der Waals surface area contributed by atoms with Crippen LogP contribution in [0.5, 0.6) is 11.5 Å². The number of nitrogens with one attached hydrogen (secondary N) is 1. The molecule has 0 bridgehead atoms. The lowest BCUT2D eigenvalue weighted by molar-refractivity contribution is 0.281. The van der Waals surface area contributed by atoms with Crippen LogP contribution in [0.15, 0.2) is 65.1 Å². The number of halogens is 3. The molecule has 0 aliphatic heterocycles. The summed E-state index contributed by atoms with van der Waals surface area (Å²) >= 11 is 15.8. The number of anilines is 1. The van der Waals surface area contributed by atoms with Gasteiger partial charge in [-0.05, 0) is 36.4 Å². The van der Waals surface area contributed by atoms with E-state index >= 15 is 0 Å². The maximum absolute atomic E-state index is 6.26. The highest BCUT2D eigenvalue weighted by Crippen LogP contribution is 2.37. The highest BCUT2D eigenvalue weighted by molar-refractivity contribution is 9.10. The number of benzene rings is 3. The molecule has 0 spiro atoms. The van der Waals surface area contributed by atoms with Gasteiger partial charge >= 0.3 is 0 Å². The van der Waals surface area contributed by atoms with Crippen molar-refractivity contribution >= 4 is 44.8 Å². The molecule has 0 amide bonds. The van der Waals surface area contributed by atoms with Crippen LogP contribution in [-0.4, -0.2) is 7.11 Å². The Balaban J connectivity index is 1.84. The van der Waals surface area contributed by atoms with Crippen LogP contribution in [0, 0.1) is 0 Å². The highest BCUT2D eigenvalue weighted by atomic mass is 79.9. The van der Waals surface area contributed by atoms with Gasteiger partial charge in [0.05, 0.1) is 7.11 Å². The lowest BCUT2D eigenvalue weighted by Gasteiger charge is -2.18. The quantitative estimate of drug-likeness (QED) is 0.408. The van der Waals surface area contributed by atoms with E-state index < -0.39 is 0 Å². The number of para-hydroxylation sites is 1. The molecule has 27 heavy (non-hydrogen) atoms. The molecule has 0 atom stereocenters. The first-order valence-electron chi connectivity index (χ1n) is 8.29. The summed E-state index contributed by atoms with van der Waals surface area (Å²) in [7, 11) is 1.62. The molecule has 0 radical (unpaired) electrons. The second-order valence-electron chi connectivity index (χ2n) is 5.80. The van der Waals surface area contributed by atoms with E-state index in [4.69, 9.17) is 32.7 Å². The molecule has 0 heterocycles. The molecule has 0 aliphatic carbocycles. The van der Waals surface area contributed by atoms with Crippen molar-refractivity contribution in [1.82, 2.24) is 0 Å². The Kier molecular flexibility index (Phi) is 6.89. The zero-order valence-corrected chi connectivity index (χ0v) is 17.7. The van der Waals surface area contributed by atoms with E-state index in [1.165, 1.54) is 0 Å². The zero-order chi connectivity index (χ0) is 19.2. The average Bonchev–Trinajstić information content (AvgIpc) is 2.67. The number of ether oxygens (including phenoxy) is 2. The summed E-state index contributed by atoms with van der Waals surface area (Å²) in [4.78, 5) is 0. The second-order valence-corrected chi connectivity index (χ2v) is 7.50. The number of hydrogen-bond acceptors (Lipinski definition) is 3. The van der Waals surface area contributed by atoms with E-state index in [1.807, 2.05) is 48.5 Å². The SMILES string of the molecule is COc1ccc(Br)c(CNc2ccccc2)c1OCc1ccc(Cl)cc1Cl. The van der Waals surface area contributed by atoms with Gasteiger partial charge in [-0.1, -0.05) is 63.4 Å². The van der Waals surface area contributed by atoms with Crippen LogP contribution in [0.2, 0.25) is 10.0 Å². The highest BCUT2D eigenvalue weighted by Gasteiger charge is 2.15. The van der Waals surface area contributed by atoms with Gasteiger partial charge < -0.3 is 14.8 Å². The third-order valence-corrected chi connectivity index (χ3v) is 5.35. The topological polar surface area (TPSA) is 30.5 Å². The molecule has 3 nitrogen and oxygen atoms in total. The van der Waals surface area contributed by atoms with Gasteiger partial charge in [-0.3, -0.25) is 0 Å². The predicted octanol–water partition coefficient (Wildman–Crippen LogP) is 6.96. The van der Waals surface area contributed by atoms with Crippen LogP contribution in [0.3, 0.4) is 0 Å². The zero-order valence-electron chi connectivity index (χ0n) is 14.6. The van der Waals surface area contributed by atoms with Crippen LogP contribution in [-0.2, 0) is 13.2 Å². The van der Waals surface area contributed by atoms with Crippen LogP contribution >= 0.6 is 39.1 Å². The van der Waals surface area contributed by atoms with Crippen molar-refractivity contribution in [2.45, 2.75) is 13.2 Å². The van der Waals surface area contributed by atoms with E-state index in [1.54, 1.807) is 19.2 Å². The monoisotopic (exact) mass is 465 g/mol. The van der Waals surface area contributed by atoms with Crippen LogP contribution in [0.1, 0.15) is 11.1 Å². The summed E-state index contributed by atoms with van der Waals surface area (Å²) in [6.45, 7) is 0.882. The predicted molar refractivity (Wildman–Crippen MR) is 115 cm³/mol. The third kappa shape index (κ3) is 5.10. The Bertz CT molecular complexity index is 920. The number of hydrogen-bond donors (Lipinski definition) is 1. The molecule has 6 heteroatoms. The van der Waals surface area contributed by atoms with Crippen molar-refractivity contribution in [2.24, 2.45) is 0 Å². The summed E-state index contributed by atoms with van der Waals surface area (Å²) in [6.07, 6.45) is 0. The standard InChI is InChI=1S/C21H18BrCl2NO2/c1-26-20-10-9-18(22)17(12-25-16-5-3-2-4-6-16)21(20)27-13-14-7-8-15(23)11-19(14)24/h2-11,25H,12-13H2,1H3. The first kappa shape index (κ1) is 19.9. The largest absolute Gasteiger partial charge is 0.493 e. The molecule has 0 fully saturated rings. The van der Waals surface area contributed by atoms with Gasteiger partial charge in [0, 0.05) is 37.9 Å². The van der Waals surface area contributed by atoms with Crippen molar-refractivity contribution in [3.63, 3.8) is 0 Å². The molecule has 3 rings (SSSR count). The van der Waals surface area contributed by atoms with Gasteiger partial charge in [0.15, 0.2) is 11.5 Å². The summed E-state index contributed by atoms with van der Waals surface area (Å²) < 4.78 is 12.5. The molecule has 140 valence electrons. The molecule has 0 aromatic heterocycles. The molecule has 3 aromatic rings. The molecule has 3 aromatic carbocycles. The van der Waals surface area contributed by atoms with Gasteiger partial charge in [0.2, 0.25) is 0 Å². The van der Waals surface area contributed by atoms with Crippen molar-refractivity contribution in [3.8, 4) is 11.5 Å².